The highest BCUT2D eigenvalue weighted by molar-refractivity contribution is 14.0. The Morgan fingerprint density at radius 1 is 1.12 bits per heavy atom. The number of hydrogen-bond donors (Lipinski definition) is 2. The van der Waals surface area contributed by atoms with E-state index < -0.39 is 0 Å². The van der Waals surface area contributed by atoms with Gasteiger partial charge in [-0.2, -0.15) is 11.8 Å². The number of hydrogen-bond acceptors (Lipinski definition) is 3. The highest BCUT2D eigenvalue weighted by Crippen LogP contribution is 2.26. The normalized spacial score (nSPS) is 27.2. The largest absolute Gasteiger partial charge is 0.357 e. The van der Waals surface area contributed by atoms with Crippen LogP contribution in [0.2, 0.25) is 0 Å². The van der Waals surface area contributed by atoms with Crippen LogP contribution in [-0.4, -0.2) is 60.6 Å². The van der Waals surface area contributed by atoms with Gasteiger partial charge in [0.25, 0.3) is 0 Å². The Labute approximate surface area is 169 Å². The number of rotatable bonds is 5. The average molecular weight is 466 g/mol. The lowest BCUT2D eigenvalue weighted by Crippen LogP contribution is -2.45. The molecule has 1 atom stereocenters. The number of nitrogens with zero attached hydrogens (tertiary/aromatic N) is 2. The summed E-state index contributed by atoms with van der Waals surface area (Å²) in [5.41, 5.74) is 0. The van der Waals surface area contributed by atoms with Crippen LogP contribution in [0, 0.1) is 5.92 Å². The van der Waals surface area contributed by atoms with E-state index in [9.17, 15) is 0 Å². The minimum Gasteiger partial charge on any atom is -0.357 e. The second-order valence-corrected chi connectivity index (χ2v) is 8.56. The minimum absolute atomic E-state index is 0. The SMILES string of the molecule is CCNC(=NCC1CCSCC1)NC1CCN(C2CCCC2)C1.I. The Morgan fingerprint density at radius 3 is 2.58 bits per heavy atom. The summed E-state index contributed by atoms with van der Waals surface area (Å²) in [6.45, 7) is 6.57. The molecule has 3 fully saturated rings. The molecule has 0 radical (unpaired) electrons. The number of likely N-dealkylation sites (tertiary alicyclic amines) is 1. The first-order chi connectivity index (χ1) is 11.3. The van der Waals surface area contributed by atoms with E-state index in [0.717, 1.165) is 31.0 Å². The van der Waals surface area contributed by atoms with Crippen LogP contribution in [0.15, 0.2) is 4.99 Å². The molecule has 4 nitrogen and oxygen atoms in total. The van der Waals surface area contributed by atoms with Crippen molar-refractivity contribution in [2.75, 3.05) is 37.7 Å². The molecule has 0 aromatic rings. The monoisotopic (exact) mass is 466 g/mol. The molecule has 2 heterocycles. The average Bonchev–Trinajstić information content (AvgIpc) is 3.25. The van der Waals surface area contributed by atoms with Crippen molar-refractivity contribution in [1.82, 2.24) is 15.5 Å². The van der Waals surface area contributed by atoms with Gasteiger partial charge in [-0.25, -0.2) is 0 Å². The van der Waals surface area contributed by atoms with Crippen molar-refractivity contribution in [2.45, 2.75) is 64.0 Å². The summed E-state index contributed by atoms with van der Waals surface area (Å²) in [6, 6.07) is 1.44. The van der Waals surface area contributed by atoms with Crippen LogP contribution in [0.1, 0.15) is 51.9 Å². The van der Waals surface area contributed by atoms with Gasteiger partial charge in [0.1, 0.15) is 0 Å². The summed E-state index contributed by atoms with van der Waals surface area (Å²) in [7, 11) is 0. The van der Waals surface area contributed by atoms with E-state index in [1.165, 1.54) is 69.5 Å². The maximum absolute atomic E-state index is 4.89. The first-order valence-corrected chi connectivity index (χ1v) is 10.9. The van der Waals surface area contributed by atoms with Gasteiger partial charge < -0.3 is 10.6 Å². The third-order valence-corrected chi connectivity index (χ3v) is 6.64. The molecule has 1 aliphatic carbocycles. The van der Waals surface area contributed by atoms with Crippen molar-refractivity contribution in [1.29, 1.82) is 0 Å². The summed E-state index contributed by atoms with van der Waals surface area (Å²) in [5.74, 6) is 4.49. The molecule has 24 heavy (non-hydrogen) atoms. The number of aliphatic imine (C=N–C) groups is 1. The van der Waals surface area contributed by atoms with Crippen molar-refractivity contribution in [3.05, 3.63) is 0 Å². The maximum Gasteiger partial charge on any atom is 0.191 e. The lowest BCUT2D eigenvalue weighted by atomic mass is 10.0. The highest BCUT2D eigenvalue weighted by atomic mass is 127. The molecule has 2 aliphatic heterocycles. The summed E-state index contributed by atoms with van der Waals surface area (Å²) in [4.78, 5) is 7.60. The van der Waals surface area contributed by atoms with Gasteiger partial charge in [-0.1, -0.05) is 12.8 Å². The molecule has 6 heteroatoms. The molecule has 3 rings (SSSR count). The summed E-state index contributed by atoms with van der Waals surface area (Å²) < 4.78 is 0. The van der Waals surface area contributed by atoms with Gasteiger partial charge in [-0.3, -0.25) is 9.89 Å². The predicted molar refractivity (Wildman–Crippen MR) is 117 cm³/mol. The Balaban J connectivity index is 0.00000208. The summed E-state index contributed by atoms with van der Waals surface area (Å²) >= 11 is 2.10. The number of thioether (sulfide) groups is 1. The zero-order chi connectivity index (χ0) is 15.9. The molecular formula is C18H35IN4S. The highest BCUT2D eigenvalue weighted by Gasteiger charge is 2.30. The molecule has 0 bridgehead atoms. The van der Waals surface area contributed by atoms with Crippen molar-refractivity contribution < 1.29 is 0 Å². The topological polar surface area (TPSA) is 39.7 Å². The fourth-order valence-electron chi connectivity index (χ4n) is 4.17. The lowest BCUT2D eigenvalue weighted by Gasteiger charge is -2.24. The number of nitrogens with one attached hydrogen (secondary N) is 2. The number of halogens is 1. The maximum atomic E-state index is 4.89. The molecule has 2 N–H and O–H groups in total. The predicted octanol–water partition coefficient (Wildman–Crippen LogP) is 3.32. The van der Waals surface area contributed by atoms with Crippen LogP contribution in [0.5, 0.6) is 0 Å². The van der Waals surface area contributed by atoms with Crippen LogP contribution in [0.25, 0.3) is 0 Å². The van der Waals surface area contributed by atoms with E-state index in [2.05, 4.69) is 34.2 Å². The van der Waals surface area contributed by atoms with E-state index in [1.54, 1.807) is 0 Å². The van der Waals surface area contributed by atoms with Crippen LogP contribution < -0.4 is 10.6 Å². The van der Waals surface area contributed by atoms with Crippen molar-refractivity contribution in [3.63, 3.8) is 0 Å². The van der Waals surface area contributed by atoms with E-state index in [1.807, 2.05) is 0 Å². The van der Waals surface area contributed by atoms with Gasteiger partial charge in [0.15, 0.2) is 5.96 Å². The minimum atomic E-state index is 0. The Hall–Kier alpha value is 0.310. The third-order valence-electron chi connectivity index (χ3n) is 5.59. The Morgan fingerprint density at radius 2 is 1.88 bits per heavy atom. The lowest BCUT2D eigenvalue weighted by molar-refractivity contribution is 0.242. The molecule has 1 unspecified atom stereocenters. The van der Waals surface area contributed by atoms with E-state index >= 15 is 0 Å². The van der Waals surface area contributed by atoms with Gasteiger partial charge in [-0.15, -0.1) is 24.0 Å². The molecule has 0 spiro atoms. The van der Waals surface area contributed by atoms with E-state index in [4.69, 9.17) is 4.99 Å². The smallest absolute Gasteiger partial charge is 0.191 e. The number of guanidine groups is 1. The Kier molecular flexibility index (Phi) is 9.55. The van der Waals surface area contributed by atoms with Gasteiger partial charge >= 0.3 is 0 Å². The quantitative estimate of drug-likeness (QED) is 0.371. The molecule has 0 aromatic heterocycles. The molecule has 140 valence electrons. The molecule has 2 saturated heterocycles. The third kappa shape index (κ3) is 6.24. The second-order valence-electron chi connectivity index (χ2n) is 7.34. The van der Waals surface area contributed by atoms with Crippen molar-refractivity contribution in [3.8, 4) is 0 Å². The first-order valence-electron chi connectivity index (χ1n) is 9.71. The van der Waals surface area contributed by atoms with Gasteiger partial charge in [0.2, 0.25) is 0 Å². The van der Waals surface area contributed by atoms with Crippen LogP contribution in [0.3, 0.4) is 0 Å². The fourth-order valence-corrected chi connectivity index (χ4v) is 5.37. The van der Waals surface area contributed by atoms with Crippen LogP contribution >= 0.6 is 35.7 Å². The van der Waals surface area contributed by atoms with E-state index in [0.29, 0.717) is 6.04 Å². The summed E-state index contributed by atoms with van der Waals surface area (Å²) in [5, 5.41) is 7.15. The standard InChI is InChI=1S/C18H34N4S.HI/c1-2-19-18(20-13-15-8-11-23-12-9-15)21-16-7-10-22(14-16)17-5-3-4-6-17;/h15-17H,2-14H2,1H3,(H2,19,20,21);1H. The molecule has 0 amide bonds. The van der Waals surface area contributed by atoms with Gasteiger partial charge in [0.05, 0.1) is 0 Å². The Bertz CT molecular complexity index is 381. The second kappa shape index (κ2) is 11.1. The molecule has 0 aromatic carbocycles. The zero-order valence-corrected chi connectivity index (χ0v) is 18.3. The molecule has 3 aliphatic rings. The van der Waals surface area contributed by atoms with Gasteiger partial charge in [-0.05, 0) is 56.5 Å². The zero-order valence-electron chi connectivity index (χ0n) is 15.1. The summed E-state index contributed by atoms with van der Waals surface area (Å²) in [6.07, 6.45) is 9.65. The van der Waals surface area contributed by atoms with E-state index in [-0.39, 0.29) is 24.0 Å². The molecular weight excluding hydrogens is 431 g/mol. The van der Waals surface area contributed by atoms with Crippen molar-refractivity contribution >= 4 is 41.7 Å². The fraction of sp³-hybridized carbons (Fsp3) is 0.944. The molecule has 1 saturated carbocycles. The first kappa shape index (κ1) is 20.6. The van der Waals surface area contributed by atoms with Crippen LogP contribution in [-0.2, 0) is 0 Å². The van der Waals surface area contributed by atoms with Crippen molar-refractivity contribution in [2.24, 2.45) is 10.9 Å². The van der Waals surface area contributed by atoms with Crippen LogP contribution in [0.4, 0.5) is 0 Å². The van der Waals surface area contributed by atoms with Gasteiger partial charge in [0, 0.05) is 38.3 Å².